The second-order valence-electron chi connectivity index (χ2n) is 9.23. The van der Waals surface area contributed by atoms with E-state index in [9.17, 15) is 14.7 Å². The van der Waals surface area contributed by atoms with E-state index in [1.54, 1.807) is 13.1 Å². The number of rotatable bonds is 4. The summed E-state index contributed by atoms with van der Waals surface area (Å²) in [7, 11) is 0. The smallest absolute Gasteiger partial charge is 0.411 e. The normalized spacial score (nSPS) is 28.8. The van der Waals surface area contributed by atoms with Crippen molar-refractivity contribution in [2.75, 3.05) is 36.5 Å². The Hall–Kier alpha value is -2.35. The largest absolute Gasteiger partial charge is 0.450 e. The first-order valence-electron chi connectivity index (χ1n) is 11.6. The zero-order valence-electron chi connectivity index (χ0n) is 18.6. The number of nitrogens with one attached hydrogen (secondary N) is 1. The molecule has 2 saturated heterocycles. The van der Waals surface area contributed by atoms with Gasteiger partial charge in [-0.25, -0.2) is 9.78 Å². The van der Waals surface area contributed by atoms with Gasteiger partial charge in [0.2, 0.25) is 5.91 Å². The Balaban J connectivity index is 1.45. The molecule has 3 aliphatic rings. The summed E-state index contributed by atoms with van der Waals surface area (Å²) in [5.41, 5.74) is 1.24. The fraction of sp³-hybridized carbons (Fsp3) is 0.696. The number of hydrogen-bond donors (Lipinski definition) is 2. The van der Waals surface area contributed by atoms with Crippen molar-refractivity contribution in [1.29, 1.82) is 0 Å². The third-order valence-corrected chi connectivity index (χ3v) is 7.10. The van der Waals surface area contributed by atoms with E-state index in [2.05, 4.69) is 20.1 Å². The van der Waals surface area contributed by atoms with Crippen LogP contribution in [0.15, 0.2) is 12.3 Å². The van der Waals surface area contributed by atoms with Gasteiger partial charge in [0, 0.05) is 25.7 Å². The van der Waals surface area contributed by atoms with Crippen molar-refractivity contribution in [3.8, 4) is 0 Å². The number of anilines is 2. The average molecular weight is 431 g/mol. The number of piperidine rings is 1. The summed E-state index contributed by atoms with van der Waals surface area (Å²) in [6.45, 7) is 6.46. The average Bonchev–Trinajstić information content (AvgIpc) is 3.04. The number of pyridine rings is 1. The number of aliphatic hydroxyl groups excluding tert-OH is 1. The second kappa shape index (κ2) is 9.02. The monoisotopic (exact) mass is 430 g/mol. The molecule has 1 aromatic heterocycles. The Morgan fingerprint density at radius 3 is 2.77 bits per heavy atom. The molecule has 1 aliphatic carbocycles. The molecule has 170 valence electrons. The van der Waals surface area contributed by atoms with Gasteiger partial charge in [-0.3, -0.25) is 10.1 Å². The minimum atomic E-state index is -0.486. The summed E-state index contributed by atoms with van der Waals surface area (Å²) in [4.78, 5) is 34.1. The van der Waals surface area contributed by atoms with Crippen molar-refractivity contribution in [2.45, 2.75) is 70.9 Å². The molecule has 31 heavy (non-hydrogen) atoms. The molecule has 0 radical (unpaired) electrons. The highest BCUT2D eigenvalue weighted by Crippen LogP contribution is 2.43. The summed E-state index contributed by atoms with van der Waals surface area (Å²) in [5, 5.41) is 12.5. The van der Waals surface area contributed by atoms with Gasteiger partial charge in [0.05, 0.1) is 30.0 Å². The van der Waals surface area contributed by atoms with Crippen LogP contribution in [0, 0.1) is 12.3 Å². The predicted octanol–water partition coefficient (Wildman–Crippen LogP) is 3.08. The number of aromatic nitrogens is 1. The molecular formula is C23H34N4O4. The van der Waals surface area contributed by atoms with Gasteiger partial charge in [0.1, 0.15) is 5.82 Å². The highest BCUT2D eigenvalue weighted by molar-refractivity contribution is 5.86. The molecular weight excluding hydrogens is 396 g/mol. The highest BCUT2D eigenvalue weighted by atomic mass is 16.5. The van der Waals surface area contributed by atoms with Gasteiger partial charge in [-0.15, -0.1) is 0 Å². The second-order valence-corrected chi connectivity index (χ2v) is 9.23. The molecule has 8 heteroatoms. The van der Waals surface area contributed by atoms with Crippen molar-refractivity contribution in [2.24, 2.45) is 5.41 Å². The van der Waals surface area contributed by atoms with Gasteiger partial charge in [-0.1, -0.05) is 0 Å². The molecule has 1 spiro atoms. The van der Waals surface area contributed by atoms with E-state index in [-0.39, 0.29) is 23.5 Å². The quantitative estimate of drug-likeness (QED) is 0.762. The van der Waals surface area contributed by atoms with Crippen LogP contribution in [0.1, 0.15) is 57.4 Å². The Labute approximate surface area is 184 Å². The summed E-state index contributed by atoms with van der Waals surface area (Å²) in [6.07, 6.45) is 7.14. The molecule has 4 rings (SSSR count). The molecule has 2 amide bonds. The first kappa shape index (κ1) is 21.9. The maximum Gasteiger partial charge on any atom is 0.411 e. The van der Waals surface area contributed by atoms with Crippen molar-refractivity contribution in [3.63, 3.8) is 0 Å². The van der Waals surface area contributed by atoms with Crippen LogP contribution in [-0.2, 0) is 9.53 Å². The van der Waals surface area contributed by atoms with Crippen LogP contribution >= 0.6 is 0 Å². The topological polar surface area (TPSA) is 95.0 Å². The van der Waals surface area contributed by atoms with Gasteiger partial charge in [-0.05, 0) is 70.4 Å². The number of nitrogens with zero attached hydrogens (tertiary/aromatic N) is 3. The zero-order valence-corrected chi connectivity index (χ0v) is 18.6. The predicted molar refractivity (Wildman–Crippen MR) is 118 cm³/mol. The molecule has 0 bridgehead atoms. The van der Waals surface area contributed by atoms with Gasteiger partial charge < -0.3 is 19.6 Å². The van der Waals surface area contributed by atoms with E-state index in [0.717, 1.165) is 69.4 Å². The highest BCUT2D eigenvalue weighted by Gasteiger charge is 2.50. The molecule has 1 atom stereocenters. The summed E-state index contributed by atoms with van der Waals surface area (Å²) >= 11 is 0. The van der Waals surface area contributed by atoms with E-state index < -0.39 is 6.09 Å². The molecule has 1 saturated carbocycles. The van der Waals surface area contributed by atoms with Crippen LogP contribution in [0.3, 0.4) is 0 Å². The summed E-state index contributed by atoms with van der Waals surface area (Å²) in [5.74, 6) is 1.16. The maximum absolute atomic E-state index is 13.5. The lowest BCUT2D eigenvalue weighted by molar-refractivity contribution is -0.139. The van der Waals surface area contributed by atoms with Crippen molar-refractivity contribution >= 4 is 23.5 Å². The number of aliphatic hydroxyl groups is 1. The van der Waals surface area contributed by atoms with Gasteiger partial charge in [-0.2, -0.15) is 0 Å². The SMILES string of the molecule is CCOC(=O)Nc1cnc(N2CCCC3(CCN(C4CCC(O)CC4)C3=O)C2)c(C)c1. The number of likely N-dealkylation sites (tertiary alicyclic amines) is 1. The number of ether oxygens (including phenoxy) is 1. The molecule has 2 aliphatic heterocycles. The lowest BCUT2D eigenvalue weighted by atomic mass is 9.78. The third-order valence-electron chi connectivity index (χ3n) is 7.10. The number of carbonyl (C=O) groups is 2. The Bertz CT molecular complexity index is 824. The molecule has 1 aromatic rings. The van der Waals surface area contributed by atoms with Crippen LogP contribution in [0.25, 0.3) is 0 Å². The van der Waals surface area contributed by atoms with Crippen molar-refractivity contribution in [3.05, 3.63) is 17.8 Å². The van der Waals surface area contributed by atoms with E-state index in [4.69, 9.17) is 4.74 Å². The standard InChI is InChI=1S/C23H34N4O4/c1-3-31-22(30)25-17-13-16(2)20(24-14-17)26-11-4-9-23(15-26)10-12-27(21(23)29)18-5-7-19(28)8-6-18/h13-14,18-19,28H,3-12,15H2,1-2H3,(H,25,30). The van der Waals surface area contributed by atoms with Crippen molar-refractivity contribution < 1.29 is 19.4 Å². The van der Waals surface area contributed by atoms with Crippen molar-refractivity contribution in [1.82, 2.24) is 9.88 Å². The lowest BCUT2D eigenvalue weighted by Crippen LogP contribution is -2.50. The lowest BCUT2D eigenvalue weighted by Gasteiger charge is -2.41. The molecule has 1 unspecified atom stereocenters. The maximum atomic E-state index is 13.5. The fourth-order valence-electron chi connectivity index (χ4n) is 5.51. The minimum Gasteiger partial charge on any atom is -0.450 e. The number of aryl methyl sites for hydroxylation is 1. The summed E-state index contributed by atoms with van der Waals surface area (Å²) in [6, 6.07) is 2.18. The van der Waals surface area contributed by atoms with E-state index in [0.29, 0.717) is 18.8 Å². The number of carbonyl (C=O) groups excluding carboxylic acids is 2. The first-order valence-corrected chi connectivity index (χ1v) is 11.6. The molecule has 3 heterocycles. The Morgan fingerprint density at radius 2 is 2.06 bits per heavy atom. The number of hydrogen-bond acceptors (Lipinski definition) is 6. The Morgan fingerprint density at radius 1 is 1.29 bits per heavy atom. The van der Waals surface area contributed by atoms with Crippen LogP contribution in [0.4, 0.5) is 16.3 Å². The van der Waals surface area contributed by atoms with Crippen LogP contribution in [0.5, 0.6) is 0 Å². The van der Waals surface area contributed by atoms with Crippen LogP contribution in [0.2, 0.25) is 0 Å². The Kier molecular flexibility index (Phi) is 6.36. The van der Waals surface area contributed by atoms with E-state index in [1.807, 2.05) is 13.0 Å². The zero-order chi connectivity index (χ0) is 22.0. The van der Waals surface area contributed by atoms with Gasteiger partial charge >= 0.3 is 6.09 Å². The number of amides is 2. The molecule has 0 aromatic carbocycles. The van der Waals surface area contributed by atoms with Crippen LogP contribution in [-0.4, -0.2) is 65.4 Å². The molecule has 8 nitrogen and oxygen atoms in total. The third kappa shape index (κ3) is 4.49. The van der Waals surface area contributed by atoms with Gasteiger partial charge in [0.25, 0.3) is 0 Å². The van der Waals surface area contributed by atoms with Gasteiger partial charge in [0.15, 0.2) is 0 Å². The van der Waals surface area contributed by atoms with Crippen LogP contribution < -0.4 is 10.2 Å². The molecule has 2 N–H and O–H groups in total. The first-order chi connectivity index (χ1) is 14.9. The molecule has 3 fully saturated rings. The fourth-order valence-corrected chi connectivity index (χ4v) is 5.51. The van der Waals surface area contributed by atoms with E-state index >= 15 is 0 Å². The summed E-state index contributed by atoms with van der Waals surface area (Å²) < 4.78 is 4.93. The minimum absolute atomic E-state index is 0.205. The van der Waals surface area contributed by atoms with E-state index in [1.165, 1.54) is 0 Å².